The van der Waals surface area contributed by atoms with Crippen LogP contribution in [0.2, 0.25) is 0 Å². The van der Waals surface area contributed by atoms with Gasteiger partial charge in [0.2, 0.25) is 0 Å². The van der Waals surface area contributed by atoms with E-state index in [9.17, 15) is 4.79 Å². The number of nitrogens with two attached hydrogens (primary N) is 1. The summed E-state index contributed by atoms with van der Waals surface area (Å²) in [5.41, 5.74) is 6.91. The van der Waals surface area contributed by atoms with Crippen LogP contribution in [0.3, 0.4) is 0 Å². The number of hydrogen-bond acceptors (Lipinski definition) is 4. The lowest BCUT2D eigenvalue weighted by Gasteiger charge is -2.35. The molecule has 1 fully saturated rings. The molecule has 23 heavy (non-hydrogen) atoms. The Hall–Kier alpha value is -1.92. The van der Waals surface area contributed by atoms with Crippen LogP contribution in [-0.2, 0) is 0 Å². The molecule has 1 aromatic heterocycles. The molecule has 7 heteroatoms. The van der Waals surface area contributed by atoms with Crippen LogP contribution in [0.1, 0.15) is 36.2 Å². The Balaban J connectivity index is 0.00000192. The van der Waals surface area contributed by atoms with E-state index < -0.39 is 0 Å². The third kappa shape index (κ3) is 3.89. The van der Waals surface area contributed by atoms with E-state index in [0.717, 1.165) is 37.9 Å². The number of nitrogens with zero attached hydrogens (tertiary/aromatic N) is 4. The van der Waals surface area contributed by atoms with Crippen LogP contribution in [-0.4, -0.2) is 44.9 Å². The predicted molar refractivity (Wildman–Crippen MR) is 91.0 cm³/mol. The lowest BCUT2D eigenvalue weighted by atomic mass is 9.99. The number of rotatable bonds is 4. The van der Waals surface area contributed by atoms with Gasteiger partial charge in [-0.1, -0.05) is 18.2 Å². The Kier molecular flexibility index (Phi) is 6.12. The molecule has 1 atom stereocenters. The van der Waals surface area contributed by atoms with Crippen LogP contribution in [0.4, 0.5) is 0 Å². The maximum atomic E-state index is 12.7. The molecule has 3 rings (SSSR count). The standard InChI is InChI=1S/C16H21N5O.ClH/c17-10-9-13-6-4-5-11-20(13)16(22)15-12-18-21(19-15)14-7-2-1-3-8-14;/h1-3,7-8,12-13H,4-6,9-11,17H2;1H. The molecule has 0 aliphatic carbocycles. The number of piperidine rings is 1. The van der Waals surface area contributed by atoms with Crippen molar-refractivity contribution >= 4 is 18.3 Å². The Morgan fingerprint density at radius 1 is 1.26 bits per heavy atom. The van der Waals surface area contributed by atoms with Crippen molar-refractivity contribution in [2.75, 3.05) is 13.1 Å². The molecule has 124 valence electrons. The Morgan fingerprint density at radius 2 is 2.04 bits per heavy atom. The number of hydrogen-bond donors (Lipinski definition) is 1. The second-order valence-electron chi connectivity index (χ2n) is 5.58. The highest BCUT2D eigenvalue weighted by atomic mass is 35.5. The fourth-order valence-electron chi connectivity index (χ4n) is 2.95. The van der Waals surface area contributed by atoms with Crippen molar-refractivity contribution in [2.45, 2.75) is 31.7 Å². The van der Waals surface area contributed by atoms with E-state index in [1.54, 1.807) is 6.20 Å². The van der Waals surface area contributed by atoms with Crippen LogP contribution in [0, 0.1) is 0 Å². The fraction of sp³-hybridized carbons (Fsp3) is 0.438. The highest BCUT2D eigenvalue weighted by molar-refractivity contribution is 5.92. The summed E-state index contributed by atoms with van der Waals surface area (Å²) >= 11 is 0. The van der Waals surface area contributed by atoms with Crippen LogP contribution in [0.5, 0.6) is 0 Å². The molecule has 6 nitrogen and oxygen atoms in total. The van der Waals surface area contributed by atoms with Crippen LogP contribution < -0.4 is 5.73 Å². The van der Waals surface area contributed by atoms with Gasteiger partial charge in [0.15, 0.2) is 5.69 Å². The highest BCUT2D eigenvalue weighted by Crippen LogP contribution is 2.21. The first kappa shape index (κ1) is 17.4. The van der Waals surface area contributed by atoms with Crippen molar-refractivity contribution in [3.8, 4) is 5.69 Å². The Labute approximate surface area is 142 Å². The van der Waals surface area contributed by atoms with Gasteiger partial charge in [0, 0.05) is 12.6 Å². The summed E-state index contributed by atoms with van der Waals surface area (Å²) in [5.74, 6) is -0.0414. The largest absolute Gasteiger partial charge is 0.334 e. The maximum absolute atomic E-state index is 12.7. The molecular weight excluding hydrogens is 314 g/mol. The molecule has 1 saturated heterocycles. The van der Waals surface area contributed by atoms with Gasteiger partial charge < -0.3 is 10.6 Å². The Bertz CT molecular complexity index is 628. The van der Waals surface area contributed by atoms with E-state index in [2.05, 4.69) is 10.2 Å². The molecular formula is C16H22ClN5O. The van der Waals surface area contributed by atoms with E-state index in [1.807, 2.05) is 35.2 Å². The molecule has 2 heterocycles. The summed E-state index contributed by atoms with van der Waals surface area (Å²) in [5, 5.41) is 8.54. The van der Waals surface area contributed by atoms with Gasteiger partial charge in [0.05, 0.1) is 11.9 Å². The quantitative estimate of drug-likeness (QED) is 0.927. The van der Waals surface area contributed by atoms with Crippen molar-refractivity contribution in [3.05, 3.63) is 42.2 Å². The molecule has 1 unspecified atom stereocenters. The minimum absolute atomic E-state index is 0. The highest BCUT2D eigenvalue weighted by Gasteiger charge is 2.28. The number of para-hydroxylation sites is 1. The average Bonchev–Trinajstić information content (AvgIpc) is 3.06. The summed E-state index contributed by atoms with van der Waals surface area (Å²) in [4.78, 5) is 16.1. The number of aromatic nitrogens is 3. The molecule has 1 aliphatic rings. The molecule has 0 bridgehead atoms. The Morgan fingerprint density at radius 3 is 2.78 bits per heavy atom. The van der Waals surface area contributed by atoms with Gasteiger partial charge in [-0.15, -0.1) is 17.5 Å². The average molecular weight is 336 g/mol. The zero-order valence-electron chi connectivity index (χ0n) is 13.0. The molecule has 1 aliphatic heterocycles. The van der Waals surface area contributed by atoms with Crippen molar-refractivity contribution in [1.29, 1.82) is 0 Å². The van der Waals surface area contributed by atoms with E-state index >= 15 is 0 Å². The van der Waals surface area contributed by atoms with E-state index in [4.69, 9.17) is 5.73 Å². The molecule has 2 N–H and O–H groups in total. The zero-order valence-corrected chi connectivity index (χ0v) is 13.8. The number of amides is 1. The zero-order chi connectivity index (χ0) is 15.4. The van der Waals surface area contributed by atoms with Crippen LogP contribution in [0.15, 0.2) is 36.5 Å². The summed E-state index contributed by atoms with van der Waals surface area (Å²) in [6.45, 7) is 1.38. The van der Waals surface area contributed by atoms with Gasteiger partial charge in [-0.2, -0.15) is 9.90 Å². The second-order valence-corrected chi connectivity index (χ2v) is 5.58. The predicted octanol–water partition coefficient (Wildman–Crippen LogP) is 2.03. The van der Waals surface area contributed by atoms with Gasteiger partial charge in [0.25, 0.3) is 5.91 Å². The lowest BCUT2D eigenvalue weighted by molar-refractivity contribution is 0.0598. The first-order valence-electron chi connectivity index (χ1n) is 7.78. The van der Waals surface area contributed by atoms with Crippen molar-refractivity contribution in [3.63, 3.8) is 0 Å². The monoisotopic (exact) mass is 335 g/mol. The number of benzene rings is 1. The number of carbonyl (C=O) groups is 1. The summed E-state index contributed by atoms with van der Waals surface area (Å²) < 4.78 is 0. The smallest absolute Gasteiger partial charge is 0.276 e. The van der Waals surface area contributed by atoms with E-state index in [0.29, 0.717) is 12.2 Å². The van der Waals surface area contributed by atoms with Gasteiger partial charge in [-0.3, -0.25) is 4.79 Å². The molecule has 1 amide bonds. The molecule has 0 saturated carbocycles. The molecule has 2 aromatic rings. The van der Waals surface area contributed by atoms with Gasteiger partial charge in [-0.25, -0.2) is 0 Å². The maximum Gasteiger partial charge on any atom is 0.276 e. The third-order valence-electron chi connectivity index (χ3n) is 4.09. The van der Waals surface area contributed by atoms with E-state index in [1.165, 1.54) is 4.80 Å². The van der Waals surface area contributed by atoms with Crippen LogP contribution >= 0.6 is 12.4 Å². The van der Waals surface area contributed by atoms with Crippen molar-refractivity contribution < 1.29 is 4.79 Å². The first-order valence-corrected chi connectivity index (χ1v) is 7.78. The molecule has 1 aromatic carbocycles. The molecule has 0 radical (unpaired) electrons. The summed E-state index contributed by atoms with van der Waals surface area (Å²) in [7, 11) is 0. The normalized spacial score (nSPS) is 17.6. The number of likely N-dealkylation sites (tertiary alicyclic amines) is 1. The first-order chi connectivity index (χ1) is 10.8. The van der Waals surface area contributed by atoms with Gasteiger partial charge in [0.1, 0.15) is 0 Å². The number of carbonyl (C=O) groups excluding carboxylic acids is 1. The lowest BCUT2D eigenvalue weighted by Crippen LogP contribution is -2.44. The minimum atomic E-state index is -0.0414. The topological polar surface area (TPSA) is 77.0 Å². The SMILES string of the molecule is Cl.NCCC1CCCCN1C(=O)c1cnn(-c2ccccc2)n1. The minimum Gasteiger partial charge on any atom is -0.334 e. The molecule has 0 spiro atoms. The van der Waals surface area contributed by atoms with Crippen molar-refractivity contribution in [1.82, 2.24) is 19.9 Å². The third-order valence-corrected chi connectivity index (χ3v) is 4.09. The summed E-state index contributed by atoms with van der Waals surface area (Å²) in [6, 6.07) is 9.82. The van der Waals surface area contributed by atoms with Crippen LogP contribution in [0.25, 0.3) is 5.69 Å². The number of halogens is 1. The van der Waals surface area contributed by atoms with E-state index in [-0.39, 0.29) is 24.4 Å². The van der Waals surface area contributed by atoms with Gasteiger partial charge in [-0.05, 0) is 44.4 Å². The van der Waals surface area contributed by atoms with Crippen molar-refractivity contribution in [2.24, 2.45) is 5.73 Å². The second kappa shape index (κ2) is 8.08. The fourth-order valence-corrected chi connectivity index (χ4v) is 2.95. The summed E-state index contributed by atoms with van der Waals surface area (Å²) in [6.07, 6.45) is 5.61. The van der Waals surface area contributed by atoms with Gasteiger partial charge >= 0.3 is 0 Å².